The lowest BCUT2D eigenvalue weighted by Crippen LogP contribution is -2.49. The van der Waals surface area contributed by atoms with Crippen LogP contribution in [0.2, 0.25) is 0 Å². The van der Waals surface area contributed by atoms with Crippen LogP contribution in [-0.2, 0) is 23.8 Å². The summed E-state index contributed by atoms with van der Waals surface area (Å²) < 4.78 is 17.9. The highest BCUT2D eigenvalue weighted by Gasteiger charge is 2.62. The SMILES string of the molecule is CCOC(=O)C1=C(c2ccccc2)OC(C)=C2[C@H]1C[C@H]1[C@@H]3CC=C4C[C@@H](OC(C)=O)CC[C@]4(C)[C@H]3CC[C@]21C. The number of hydrogen-bond donors (Lipinski definition) is 0. The standard InChI is InChI=1S/C34H42O5/c1-6-37-32(36)29-26-19-28-25-13-12-23-18-24(39-21(3)35)14-16-33(23,4)27(25)15-17-34(28,5)30(26)20(2)38-31(29)22-10-8-7-9-11-22/h7-12,24-28H,6,13-19H2,1-5H3/t24-,25+,26-,27-,28-,33-,34-/m0/s1. The van der Waals surface area contributed by atoms with Crippen LogP contribution in [0.15, 0.2) is 58.9 Å². The minimum Gasteiger partial charge on any atom is -0.463 e. The molecule has 1 aliphatic heterocycles. The highest BCUT2D eigenvalue weighted by Crippen LogP contribution is 2.69. The van der Waals surface area contributed by atoms with Gasteiger partial charge in [0.05, 0.1) is 12.2 Å². The molecule has 0 unspecified atom stereocenters. The molecule has 3 fully saturated rings. The average molecular weight is 531 g/mol. The normalized spacial score (nSPS) is 37.1. The summed E-state index contributed by atoms with van der Waals surface area (Å²) in [5.41, 5.74) is 4.62. The second-order valence-corrected chi connectivity index (χ2v) is 12.9. The molecule has 5 aliphatic rings. The molecular weight excluding hydrogens is 488 g/mol. The molecule has 0 bridgehead atoms. The molecule has 0 N–H and O–H groups in total. The van der Waals surface area contributed by atoms with Crippen LogP contribution in [0.5, 0.6) is 0 Å². The highest BCUT2D eigenvalue weighted by molar-refractivity contribution is 5.98. The molecule has 1 aromatic carbocycles. The minimum atomic E-state index is -0.244. The van der Waals surface area contributed by atoms with Crippen molar-refractivity contribution in [1.29, 1.82) is 0 Å². The van der Waals surface area contributed by atoms with Gasteiger partial charge in [0.15, 0.2) is 0 Å². The Morgan fingerprint density at radius 1 is 1.05 bits per heavy atom. The Morgan fingerprint density at radius 2 is 1.79 bits per heavy atom. The fourth-order valence-electron chi connectivity index (χ4n) is 9.40. The van der Waals surface area contributed by atoms with E-state index in [2.05, 4.69) is 26.8 Å². The van der Waals surface area contributed by atoms with E-state index in [1.807, 2.05) is 37.3 Å². The van der Waals surface area contributed by atoms with Gasteiger partial charge in [-0.2, -0.15) is 0 Å². The first kappa shape index (κ1) is 26.4. The molecule has 5 heteroatoms. The molecule has 0 saturated heterocycles. The molecule has 0 aromatic heterocycles. The van der Waals surface area contributed by atoms with Crippen molar-refractivity contribution < 1.29 is 23.8 Å². The largest absolute Gasteiger partial charge is 0.463 e. The summed E-state index contributed by atoms with van der Waals surface area (Å²) in [6.45, 7) is 10.7. The highest BCUT2D eigenvalue weighted by atomic mass is 16.5. The van der Waals surface area contributed by atoms with Crippen molar-refractivity contribution in [1.82, 2.24) is 0 Å². The zero-order valence-electron chi connectivity index (χ0n) is 24.0. The van der Waals surface area contributed by atoms with Crippen molar-refractivity contribution >= 4 is 17.7 Å². The average Bonchev–Trinajstić information content (AvgIpc) is 3.22. The van der Waals surface area contributed by atoms with Crippen LogP contribution < -0.4 is 0 Å². The first-order valence-electron chi connectivity index (χ1n) is 14.9. The third-order valence-electron chi connectivity index (χ3n) is 11.0. The van der Waals surface area contributed by atoms with Crippen molar-refractivity contribution in [2.75, 3.05) is 6.61 Å². The van der Waals surface area contributed by atoms with Gasteiger partial charge in [0.2, 0.25) is 0 Å². The van der Waals surface area contributed by atoms with Crippen molar-refractivity contribution in [2.24, 2.45) is 34.5 Å². The van der Waals surface area contributed by atoms with Crippen molar-refractivity contribution in [2.45, 2.75) is 85.7 Å². The molecule has 1 heterocycles. The molecule has 1 aromatic rings. The second-order valence-electron chi connectivity index (χ2n) is 12.9. The van der Waals surface area contributed by atoms with Gasteiger partial charge in [0.25, 0.3) is 0 Å². The van der Waals surface area contributed by atoms with Crippen LogP contribution in [0, 0.1) is 34.5 Å². The molecule has 6 rings (SSSR count). The Kier molecular flexibility index (Phi) is 6.55. The van der Waals surface area contributed by atoms with Gasteiger partial charge in [-0.05, 0) is 86.5 Å². The Bertz CT molecular complexity index is 1270. The maximum absolute atomic E-state index is 13.5. The van der Waals surface area contributed by atoms with Crippen LogP contribution in [0.1, 0.15) is 85.1 Å². The molecule has 0 radical (unpaired) electrons. The summed E-state index contributed by atoms with van der Waals surface area (Å²) in [6.07, 6.45) is 9.70. The fraction of sp³-hybridized carbons (Fsp3) is 0.588. The molecule has 7 atom stereocenters. The third-order valence-corrected chi connectivity index (χ3v) is 11.0. The topological polar surface area (TPSA) is 61.8 Å². The Balaban J connectivity index is 1.37. The van der Waals surface area contributed by atoms with E-state index in [0.29, 0.717) is 35.7 Å². The maximum Gasteiger partial charge on any atom is 0.338 e. The lowest BCUT2D eigenvalue weighted by atomic mass is 9.48. The van der Waals surface area contributed by atoms with Crippen LogP contribution >= 0.6 is 0 Å². The smallest absolute Gasteiger partial charge is 0.338 e. The van der Waals surface area contributed by atoms with E-state index in [1.165, 1.54) is 24.5 Å². The Hall–Kier alpha value is -2.82. The van der Waals surface area contributed by atoms with Gasteiger partial charge in [-0.1, -0.05) is 55.8 Å². The minimum absolute atomic E-state index is 0.00647. The Morgan fingerprint density at radius 3 is 2.51 bits per heavy atom. The van der Waals surface area contributed by atoms with Crippen LogP contribution in [0.3, 0.4) is 0 Å². The number of rotatable bonds is 4. The molecule has 0 amide bonds. The summed E-state index contributed by atoms with van der Waals surface area (Å²) in [7, 11) is 0. The number of hydrogen-bond acceptors (Lipinski definition) is 5. The van der Waals surface area contributed by atoms with Gasteiger partial charge in [0, 0.05) is 24.8 Å². The fourth-order valence-corrected chi connectivity index (χ4v) is 9.40. The van der Waals surface area contributed by atoms with E-state index in [-0.39, 0.29) is 34.8 Å². The van der Waals surface area contributed by atoms with Crippen molar-refractivity contribution in [3.05, 3.63) is 64.4 Å². The number of ether oxygens (including phenoxy) is 3. The first-order chi connectivity index (χ1) is 18.7. The van der Waals surface area contributed by atoms with E-state index in [1.54, 1.807) is 0 Å². The first-order valence-corrected chi connectivity index (χ1v) is 14.9. The van der Waals surface area contributed by atoms with Gasteiger partial charge in [-0.15, -0.1) is 0 Å². The summed E-state index contributed by atoms with van der Waals surface area (Å²) in [4.78, 5) is 25.2. The predicted octanol–water partition coefficient (Wildman–Crippen LogP) is 7.39. The zero-order valence-corrected chi connectivity index (χ0v) is 24.0. The van der Waals surface area contributed by atoms with E-state index in [9.17, 15) is 9.59 Å². The van der Waals surface area contributed by atoms with Gasteiger partial charge in [-0.25, -0.2) is 4.79 Å². The lowest BCUT2D eigenvalue weighted by Gasteiger charge is -2.57. The van der Waals surface area contributed by atoms with E-state index >= 15 is 0 Å². The number of carbonyl (C=O) groups excluding carboxylic acids is 2. The molecule has 0 spiro atoms. The number of allylic oxidation sites excluding steroid dienone is 3. The molecule has 208 valence electrons. The molecule has 39 heavy (non-hydrogen) atoms. The van der Waals surface area contributed by atoms with Crippen molar-refractivity contribution in [3.8, 4) is 0 Å². The summed E-state index contributed by atoms with van der Waals surface area (Å²) in [5, 5.41) is 0. The van der Waals surface area contributed by atoms with E-state index in [0.717, 1.165) is 49.8 Å². The zero-order chi connectivity index (χ0) is 27.5. The summed E-state index contributed by atoms with van der Waals surface area (Å²) in [6, 6.07) is 10.0. The van der Waals surface area contributed by atoms with Gasteiger partial charge in [0.1, 0.15) is 17.6 Å². The third kappa shape index (κ3) is 4.10. The van der Waals surface area contributed by atoms with Crippen LogP contribution in [-0.4, -0.2) is 24.6 Å². The summed E-state index contributed by atoms with van der Waals surface area (Å²) in [5.74, 6) is 2.90. The molecule has 3 saturated carbocycles. The molecule has 4 aliphatic carbocycles. The second kappa shape index (κ2) is 9.67. The van der Waals surface area contributed by atoms with E-state index in [4.69, 9.17) is 14.2 Å². The number of carbonyl (C=O) groups is 2. The van der Waals surface area contributed by atoms with Gasteiger partial charge >= 0.3 is 11.9 Å². The maximum atomic E-state index is 13.5. The quantitative estimate of drug-likeness (QED) is 0.300. The van der Waals surface area contributed by atoms with Crippen molar-refractivity contribution in [3.63, 3.8) is 0 Å². The van der Waals surface area contributed by atoms with Crippen LogP contribution in [0.4, 0.5) is 0 Å². The monoisotopic (exact) mass is 530 g/mol. The molecular formula is C34H42O5. The van der Waals surface area contributed by atoms with Gasteiger partial charge in [-0.3, -0.25) is 4.79 Å². The lowest BCUT2D eigenvalue weighted by molar-refractivity contribution is -0.148. The summed E-state index contributed by atoms with van der Waals surface area (Å²) >= 11 is 0. The van der Waals surface area contributed by atoms with Gasteiger partial charge < -0.3 is 14.2 Å². The number of benzene rings is 1. The number of fused-ring (bicyclic) bond motifs is 7. The van der Waals surface area contributed by atoms with E-state index < -0.39 is 0 Å². The van der Waals surface area contributed by atoms with Crippen LogP contribution in [0.25, 0.3) is 5.76 Å². The Labute approximate surface area is 232 Å². The molecule has 5 nitrogen and oxygen atoms in total. The number of esters is 2. The predicted molar refractivity (Wildman–Crippen MR) is 150 cm³/mol.